The van der Waals surface area contributed by atoms with Gasteiger partial charge in [-0.2, -0.15) is 0 Å². The van der Waals surface area contributed by atoms with E-state index in [-0.39, 0.29) is 12.0 Å². The van der Waals surface area contributed by atoms with E-state index >= 15 is 0 Å². The van der Waals surface area contributed by atoms with Crippen LogP contribution in [0.3, 0.4) is 0 Å². The van der Waals surface area contributed by atoms with Gasteiger partial charge < -0.3 is 4.74 Å². The minimum atomic E-state index is -0.493. The van der Waals surface area contributed by atoms with Gasteiger partial charge in [0.05, 0.1) is 17.8 Å². The summed E-state index contributed by atoms with van der Waals surface area (Å²) < 4.78 is 4.92. The minimum Gasteiger partial charge on any atom is -0.468 e. The Bertz CT molecular complexity index is 610. The minimum absolute atomic E-state index is 0.0285. The maximum atomic E-state index is 12.1. The summed E-state index contributed by atoms with van der Waals surface area (Å²) in [5, 5.41) is 4.36. The van der Waals surface area contributed by atoms with Crippen molar-refractivity contribution < 1.29 is 9.53 Å². The molecule has 112 valence electrons. The molecule has 0 saturated carbocycles. The zero-order valence-corrected chi connectivity index (χ0v) is 13.5. The quantitative estimate of drug-likeness (QED) is 0.861. The number of aromatic nitrogens is 1. The van der Waals surface area contributed by atoms with Crippen LogP contribution in [0, 0.1) is 13.8 Å². The van der Waals surface area contributed by atoms with Crippen LogP contribution in [0.1, 0.15) is 40.1 Å². The highest BCUT2D eigenvalue weighted by Gasteiger charge is 2.25. The fraction of sp³-hybridized carbons (Fsp3) is 0.375. The van der Waals surface area contributed by atoms with Gasteiger partial charge in [-0.15, -0.1) is 11.3 Å². The number of carbonyl (C=O) groups is 1. The van der Waals surface area contributed by atoms with Gasteiger partial charge in [-0.1, -0.05) is 30.3 Å². The highest BCUT2D eigenvalue weighted by atomic mass is 32.1. The molecule has 2 rings (SSSR count). The molecule has 0 spiro atoms. The summed E-state index contributed by atoms with van der Waals surface area (Å²) in [7, 11) is 1.41. The number of benzene rings is 1. The van der Waals surface area contributed by atoms with E-state index in [1.165, 1.54) is 12.0 Å². The van der Waals surface area contributed by atoms with Gasteiger partial charge in [0, 0.05) is 10.9 Å². The highest BCUT2D eigenvalue weighted by Crippen LogP contribution is 2.25. The van der Waals surface area contributed by atoms with Crippen molar-refractivity contribution in [2.24, 2.45) is 0 Å². The lowest BCUT2D eigenvalue weighted by Gasteiger charge is -2.21. The average molecular weight is 304 g/mol. The Morgan fingerprint density at radius 2 is 1.95 bits per heavy atom. The molecule has 0 fully saturated rings. The van der Waals surface area contributed by atoms with E-state index in [4.69, 9.17) is 4.74 Å². The summed E-state index contributed by atoms with van der Waals surface area (Å²) in [6.45, 7) is 6.05. The molecule has 1 aromatic carbocycles. The summed E-state index contributed by atoms with van der Waals surface area (Å²) in [4.78, 5) is 17.8. The number of nitrogens with zero attached hydrogens (tertiary/aromatic N) is 1. The third-order valence-corrected chi connectivity index (χ3v) is 4.24. The van der Waals surface area contributed by atoms with Crippen molar-refractivity contribution in [3.8, 4) is 0 Å². The molecule has 21 heavy (non-hydrogen) atoms. The Kier molecular flexibility index (Phi) is 5.09. The van der Waals surface area contributed by atoms with Gasteiger partial charge in [-0.3, -0.25) is 5.32 Å². The fourth-order valence-electron chi connectivity index (χ4n) is 2.34. The predicted molar refractivity (Wildman–Crippen MR) is 84.3 cm³/mol. The van der Waals surface area contributed by atoms with Crippen molar-refractivity contribution in [2.75, 3.05) is 7.11 Å². The monoisotopic (exact) mass is 304 g/mol. The number of hydrogen-bond donors (Lipinski definition) is 1. The van der Waals surface area contributed by atoms with Crippen molar-refractivity contribution in [1.29, 1.82) is 0 Å². The second-order valence-corrected chi connectivity index (χ2v) is 6.34. The predicted octanol–water partition coefficient (Wildman–Crippen LogP) is 3.32. The van der Waals surface area contributed by atoms with E-state index in [1.807, 2.05) is 51.1 Å². The van der Waals surface area contributed by atoms with Crippen LogP contribution in [0.5, 0.6) is 0 Å². The molecular weight excluding hydrogens is 284 g/mol. The molecule has 0 aliphatic rings. The number of hydrogen-bond acceptors (Lipinski definition) is 5. The van der Waals surface area contributed by atoms with Crippen LogP contribution in [0.25, 0.3) is 0 Å². The standard InChI is InChI=1S/C16H20N2O2S/c1-10(14-11(2)21-12(3)18-14)17-15(16(19)20-4)13-8-6-5-7-9-13/h5-10,15,17H,1-4H3. The lowest BCUT2D eigenvalue weighted by atomic mass is 10.1. The lowest BCUT2D eigenvalue weighted by molar-refractivity contribution is -0.143. The molecule has 0 saturated heterocycles. The number of aryl methyl sites for hydroxylation is 2. The number of rotatable bonds is 5. The lowest BCUT2D eigenvalue weighted by Crippen LogP contribution is -2.32. The molecule has 2 aromatic rings. The molecule has 0 aliphatic carbocycles. The van der Waals surface area contributed by atoms with Crippen molar-refractivity contribution in [2.45, 2.75) is 32.9 Å². The first-order chi connectivity index (χ1) is 10.0. The Hall–Kier alpha value is -1.72. The van der Waals surface area contributed by atoms with E-state index in [1.54, 1.807) is 11.3 Å². The molecule has 1 aromatic heterocycles. The molecule has 5 heteroatoms. The van der Waals surface area contributed by atoms with E-state index in [0.29, 0.717) is 0 Å². The van der Waals surface area contributed by atoms with E-state index in [0.717, 1.165) is 16.3 Å². The molecule has 1 N–H and O–H groups in total. The summed E-state index contributed by atoms with van der Waals surface area (Å²) >= 11 is 1.67. The van der Waals surface area contributed by atoms with Crippen molar-refractivity contribution in [3.05, 3.63) is 51.5 Å². The van der Waals surface area contributed by atoms with Crippen LogP contribution in [0.15, 0.2) is 30.3 Å². The first-order valence-electron chi connectivity index (χ1n) is 6.85. The topological polar surface area (TPSA) is 51.2 Å². The molecule has 1 heterocycles. The summed E-state index contributed by atoms with van der Waals surface area (Å²) in [6.07, 6.45) is 0. The second-order valence-electron chi connectivity index (χ2n) is 4.93. The van der Waals surface area contributed by atoms with E-state index < -0.39 is 6.04 Å². The molecule has 0 aliphatic heterocycles. The third-order valence-electron chi connectivity index (χ3n) is 3.34. The van der Waals surface area contributed by atoms with Gasteiger partial charge in [0.25, 0.3) is 0 Å². The zero-order valence-electron chi connectivity index (χ0n) is 12.7. The van der Waals surface area contributed by atoms with Gasteiger partial charge in [-0.05, 0) is 26.3 Å². The third kappa shape index (κ3) is 3.68. The summed E-state index contributed by atoms with van der Waals surface area (Å²) in [5.74, 6) is -0.294. The molecule has 4 nitrogen and oxygen atoms in total. The van der Waals surface area contributed by atoms with Crippen molar-refractivity contribution in [1.82, 2.24) is 10.3 Å². The summed E-state index contributed by atoms with van der Waals surface area (Å²) in [6, 6.07) is 9.06. The van der Waals surface area contributed by atoms with Crippen LogP contribution in [-0.2, 0) is 9.53 Å². The van der Waals surface area contributed by atoms with Gasteiger partial charge >= 0.3 is 5.97 Å². The van der Waals surface area contributed by atoms with Crippen LogP contribution < -0.4 is 5.32 Å². The van der Waals surface area contributed by atoms with E-state index in [9.17, 15) is 4.79 Å². The molecule has 2 atom stereocenters. The number of nitrogens with one attached hydrogen (secondary N) is 1. The van der Waals surface area contributed by atoms with Gasteiger partial charge in [0.2, 0.25) is 0 Å². The van der Waals surface area contributed by atoms with Crippen molar-refractivity contribution >= 4 is 17.3 Å². The second kappa shape index (κ2) is 6.83. The highest BCUT2D eigenvalue weighted by molar-refractivity contribution is 7.11. The largest absolute Gasteiger partial charge is 0.468 e. The Balaban J connectivity index is 2.23. The van der Waals surface area contributed by atoms with Crippen LogP contribution in [-0.4, -0.2) is 18.1 Å². The summed E-state index contributed by atoms with van der Waals surface area (Å²) in [5.41, 5.74) is 1.88. The maximum Gasteiger partial charge on any atom is 0.327 e. The van der Waals surface area contributed by atoms with Crippen molar-refractivity contribution in [3.63, 3.8) is 0 Å². The number of ether oxygens (including phenoxy) is 1. The first-order valence-corrected chi connectivity index (χ1v) is 7.67. The number of esters is 1. The van der Waals surface area contributed by atoms with Gasteiger partial charge in [-0.25, -0.2) is 9.78 Å². The zero-order chi connectivity index (χ0) is 15.4. The fourth-order valence-corrected chi connectivity index (χ4v) is 3.25. The van der Waals surface area contributed by atoms with Crippen LogP contribution >= 0.6 is 11.3 Å². The molecule has 2 unspecified atom stereocenters. The van der Waals surface area contributed by atoms with Crippen LogP contribution in [0.4, 0.5) is 0 Å². The Morgan fingerprint density at radius 1 is 1.29 bits per heavy atom. The Labute approximate surface area is 129 Å². The number of methoxy groups -OCH3 is 1. The van der Waals surface area contributed by atoms with E-state index in [2.05, 4.69) is 10.3 Å². The van der Waals surface area contributed by atoms with Gasteiger partial charge in [0.15, 0.2) is 0 Å². The first kappa shape index (κ1) is 15.7. The normalized spacial score (nSPS) is 13.7. The molecule has 0 radical (unpaired) electrons. The average Bonchev–Trinajstić information content (AvgIpc) is 2.83. The molecule has 0 bridgehead atoms. The molecule has 0 amide bonds. The molecular formula is C16H20N2O2S. The number of thiazole rings is 1. The van der Waals surface area contributed by atoms with Gasteiger partial charge in [0.1, 0.15) is 6.04 Å². The Morgan fingerprint density at radius 3 is 2.48 bits per heavy atom. The smallest absolute Gasteiger partial charge is 0.327 e. The van der Waals surface area contributed by atoms with Crippen LogP contribution in [0.2, 0.25) is 0 Å². The number of carbonyl (C=O) groups excluding carboxylic acids is 1. The maximum absolute atomic E-state index is 12.1. The SMILES string of the molecule is COC(=O)C(NC(C)c1nc(C)sc1C)c1ccccc1.